The van der Waals surface area contributed by atoms with Crippen LogP contribution in [0.15, 0.2) is 24.4 Å². The molecule has 1 aromatic heterocycles. The fourth-order valence-corrected chi connectivity index (χ4v) is 2.68. The largest absolute Gasteiger partial charge is 0.497 e. The molecule has 2 aromatic rings. The van der Waals surface area contributed by atoms with E-state index in [1.54, 1.807) is 24.8 Å². The van der Waals surface area contributed by atoms with E-state index in [0.717, 1.165) is 22.9 Å². The van der Waals surface area contributed by atoms with Crippen molar-refractivity contribution in [1.29, 1.82) is 0 Å². The number of rotatable bonds is 7. The Labute approximate surface area is 141 Å². The average Bonchev–Trinajstić information content (AvgIpc) is 2.93. The fraction of sp³-hybridized carbons (Fsp3) is 0.444. The molecule has 0 saturated carbocycles. The highest BCUT2D eigenvalue weighted by Gasteiger charge is 2.20. The Bertz CT molecular complexity index is 736. The Morgan fingerprint density at radius 1 is 1.29 bits per heavy atom. The van der Waals surface area contributed by atoms with E-state index in [2.05, 4.69) is 0 Å². The minimum absolute atomic E-state index is 0.0172. The molecule has 0 unspecified atom stereocenters. The summed E-state index contributed by atoms with van der Waals surface area (Å²) < 4.78 is 11.9. The lowest BCUT2D eigenvalue weighted by Crippen LogP contribution is -2.34. The van der Waals surface area contributed by atoms with Gasteiger partial charge in [-0.05, 0) is 37.1 Å². The van der Waals surface area contributed by atoms with E-state index in [9.17, 15) is 9.59 Å². The van der Waals surface area contributed by atoms with Crippen LogP contribution in [0.2, 0.25) is 0 Å². The predicted octanol–water partition coefficient (Wildman–Crippen LogP) is 2.52. The molecule has 1 heterocycles. The molecule has 0 aliphatic carbocycles. The molecule has 6 heteroatoms. The molecule has 2 rings (SSSR count). The number of hydrogen-bond donors (Lipinski definition) is 1. The van der Waals surface area contributed by atoms with Gasteiger partial charge >= 0.3 is 5.97 Å². The number of nitrogens with two attached hydrogens (primary N) is 1. The molecule has 0 aliphatic rings. The lowest BCUT2D eigenvalue weighted by atomic mass is 10.1. The molecule has 0 radical (unpaired) electrons. The summed E-state index contributed by atoms with van der Waals surface area (Å²) in [6.07, 6.45) is 3.29. The van der Waals surface area contributed by atoms with Crippen LogP contribution in [-0.2, 0) is 16.0 Å². The topological polar surface area (TPSA) is 83.6 Å². The second-order valence-corrected chi connectivity index (χ2v) is 5.61. The second kappa shape index (κ2) is 7.97. The van der Waals surface area contributed by atoms with Crippen LogP contribution in [0.1, 0.15) is 37.0 Å². The Morgan fingerprint density at radius 2 is 2.04 bits per heavy atom. The highest BCUT2D eigenvalue weighted by atomic mass is 16.5. The first-order chi connectivity index (χ1) is 11.5. The summed E-state index contributed by atoms with van der Waals surface area (Å²) in [4.78, 5) is 24.2. The number of esters is 1. The van der Waals surface area contributed by atoms with E-state index < -0.39 is 12.0 Å². The molecule has 0 spiro atoms. The van der Waals surface area contributed by atoms with E-state index in [4.69, 9.17) is 15.2 Å². The molecule has 130 valence electrons. The van der Waals surface area contributed by atoms with Crippen LogP contribution in [0.3, 0.4) is 0 Å². The number of ether oxygens (including phenoxy) is 2. The number of methoxy groups -OCH3 is 1. The maximum absolute atomic E-state index is 12.4. The maximum atomic E-state index is 12.4. The zero-order chi connectivity index (χ0) is 17.7. The smallest absolute Gasteiger partial charge is 0.323 e. The first-order valence-corrected chi connectivity index (χ1v) is 8.15. The Hall–Kier alpha value is -2.34. The highest BCUT2D eigenvalue weighted by Crippen LogP contribution is 2.27. The van der Waals surface area contributed by atoms with Crippen molar-refractivity contribution < 1.29 is 19.1 Å². The number of hydrogen-bond acceptors (Lipinski definition) is 5. The summed E-state index contributed by atoms with van der Waals surface area (Å²) in [5.41, 5.74) is 7.56. The van der Waals surface area contributed by atoms with Crippen LogP contribution >= 0.6 is 0 Å². The van der Waals surface area contributed by atoms with E-state index in [-0.39, 0.29) is 12.5 Å². The molecule has 1 aromatic carbocycles. The van der Waals surface area contributed by atoms with Gasteiger partial charge in [0.15, 0.2) is 0 Å². The molecule has 6 nitrogen and oxygen atoms in total. The lowest BCUT2D eigenvalue weighted by molar-refractivity contribution is -0.144. The molecule has 1 atom stereocenters. The monoisotopic (exact) mass is 332 g/mol. The van der Waals surface area contributed by atoms with Crippen molar-refractivity contribution in [3.05, 3.63) is 30.0 Å². The molecule has 0 fully saturated rings. The Kier molecular flexibility index (Phi) is 5.98. The van der Waals surface area contributed by atoms with Crippen LogP contribution in [-0.4, -0.2) is 36.2 Å². The Morgan fingerprint density at radius 3 is 2.67 bits per heavy atom. The zero-order valence-corrected chi connectivity index (χ0v) is 14.4. The summed E-state index contributed by atoms with van der Waals surface area (Å²) in [5, 5.41) is 0.860. The van der Waals surface area contributed by atoms with Crippen molar-refractivity contribution in [1.82, 2.24) is 4.57 Å². The molecule has 24 heavy (non-hydrogen) atoms. The van der Waals surface area contributed by atoms with Gasteiger partial charge in [-0.2, -0.15) is 0 Å². The van der Waals surface area contributed by atoms with Crippen LogP contribution in [0.25, 0.3) is 10.9 Å². The first-order valence-electron chi connectivity index (χ1n) is 8.15. The molecule has 0 aliphatic heterocycles. The van der Waals surface area contributed by atoms with Crippen LogP contribution in [0.4, 0.5) is 0 Å². The first kappa shape index (κ1) is 18.0. The summed E-state index contributed by atoms with van der Waals surface area (Å²) in [5.74, 6) is 0.263. The number of carbonyl (C=O) groups is 2. The van der Waals surface area contributed by atoms with Gasteiger partial charge in [0.2, 0.25) is 5.91 Å². The molecule has 0 saturated heterocycles. The quantitative estimate of drug-likeness (QED) is 0.788. The number of benzene rings is 1. The molecule has 0 bridgehead atoms. The predicted molar refractivity (Wildman–Crippen MR) is 92.3 cm³/mol. The number of aromatic nitrogens is 1. The van der Waals surface area contributed by atoms with Gasteiger partial charge in [-0.25, -0.2) is 0 Å². The summed E-state index contributed by atoms with van der Waals surface area (Å²) in [7, 11) is 1.59. The van der Waals surface area contributed by atoms with Gasteiger partial charge in [-0.15, -0.1) is 0 Å². The van der Waals surface area contributed by atoms with E-state index in [1.165, 1.54) is 0 Å². The van der Waals surface area contributed by atoms with E-state index >= 15 is 0 Å². The van der Waals surface area contributed by atoms with Gasteiger partial charge in [-0.1, -0.05) is 6.92 Å². The van der Waals surface area contributed by atoms with Crippen LogP contribution in [0, 0.1) is 0 Å². The van der Waals surface area contributed by atoms with Crippen molar-refractivity contribution >= 4 is 22.8 Å². The normalized spacial score (nSPS) is 12.2. The van der Waals surface area contributed by atoms with Gasteiger partial charge in [0, 0.05) is 24.4 Å². The standard InChI is InChI=1S/C18H24N2O4/c1-4-6-17(21)20-11-12(9-15(19)18(22)24-5-2)14-10-13(23-3)7-8-16(14)20/h7-8,10-11,15H,4-6,9,19H2,1-3H3/t15-/m0/s1. The van der Waals surface area contributed by atoms with Gasteiger partial charge in [0.25, 0.3) is 0 Å². The second-order valence-electron chi connectivity index (χ2n) is 5.61. The van der Waals surface area contributed by atoms with Gasteiger partial charge < -0.3 is 15.2 Å². The number of nitrogens with zero attached hydrogens (tertiary/aromatic N) is 1. The van der Waals surface area contributed by atoms with Crippen molar-refractivity contribution in [3.63, 3.8) is 0 Å². The third kappa shape index (κ3) is 3.76. The minimum Gasteiger partial charge on any atom is -0.497 e. The SMILES string of the molecule is CCCC(=O)n1cc(C[C@H](N)C(=O)OCC)c2cc(OC)ccc21. The average molecular weight is 332 g/mol. The summed E-state index contributed by atoms with van der Waals surface area (Å²) >= 11 is 0. The molecular formula is C18H24N2O4. The van der Waals surface area contributed by atoms with Crippen molar-refractivity contribution in [2.24, 2.45) is 5.73 Å². The fourth-order valence-electron chi connectivity index (χ4n) is 2.68. The van der Waals surface area contributed by atoms with Crippen molar-refractivity contribution in [2.45, 2.75) is 39.2 Å². The summed E-state index contributed by atoms with van der Waals surface area (Å²) in [6, 6.07) is 4.75. The third-order valence-corrected chi connectivity index (χ3v) is 3.86. The van der Waals surface area contributed by atoms with Gasteiger partial charge in [0.1, 0.15) is 11.8 Å². The van der Waals surface area contributed by atoms with E-state index in [1.807, 2.05) is 25.1 Å². The van der Waals surface area contributed by atoms with Crippen LogP contribution in [0.5, 0.6) is 5.75 Å². The zero-order valence-electron chi connectivity index (χ0n) is 14.4. The molecule has 0 amide bonds. The lowest BCUT2D eigenvalue weighted by Gasteiger charge is -2.09. The Balaban J connectivity index is 2.43. The highest BCUT2D eigenvalue weighted by molar-refractivity contribution is 5.95. The third-order valence-electron chi connectivity index (χ3n) is 3.86. The van der Waals surface area contributed by atoms with Gasteiger partial charge in [-0.3, -0.25) is 14.2 Å². The van der Waals surface area contributed by atoms with Crippen molar-refractivity contribution in [3.8, 4) is 5.75 Å². The minimum atomic E-state index is -0.767. The number of carbonyl (C=O) groups excluding carboxylic acids is 2. The summed E-state index contributed by atoms with van der Waals surface area (Å²) in [6.45, 7) is 3.99. The maximum Gasteiger partial charge on any atom is 0.323 e. The van der Waals surface area contributed by atoms with Gasteiger partial charge in [0.05, 0.1) is 19.2 Å². The van der Waals surface area contributed by atoms with E-state index in [0.29, 0.717) is 18.6 Å². The van der Waals surface area contributed by atoms with Crippen molar-refractivity contribution in [2.75, 3.05) is 13.7 Å². The molecule has 2 N–H and O–H groups in total. The van der Waals surface area contributed by atoms with Crippen LogP contribution < -0.4 is 10.5 Å². The number of fused-ring (bicyclic) bond motifs is 1. The molecular weight excluding hydrogens is 308 g/mol.